The maximum Gasteiger partial charge on any atom is 0.407 e. The Morgan fingerprint density at radius 1 is 1.48 bits per heavy atom. The number of piperidine rings is 1. The molecule has 0 spiro atoms. The second kappa shape index (κ2) is 8.44. The van der Waals surface area contributed by atoms with E-state index in [2.05, 4.69) is 31.1 Å². The average Bonchev–Trinajstić information content (AvgIpc) is 2.84. The number of ether oxygens (including phenoxy) is 1. The Morgan fingerprint density at radius 2 is 2.17 bits per heavy atom. The van der Waals surface area contributed by atoms with E-state index in [0.717, 1.165) is 47.7 Å². The fourth-order valence-electron chi connectivity index (χ4n) is 2.65. The van der Waals surface area contributed by atoms with Gasteiger partial charge in [-0.15, -0.1) is 11.3 Å². The summed E-state index contributed by atoms with van der Waals surface area (Å²) in [5, 5.41) is 3.98. The van der Waals surface area contributed by atoms with E-state index in [-0.39, 0.29) is 11.6 Å². The van der Waals surface area contributed by atoms with E-state index in [9.17, 15) is 4.79 Å². The molecule has 0 unspecified atom stereocenters. The largest absolute Gasteiger partial charge is 0.450 e. The van der Waals surface area contributed by atoms with Gasteiger partial charge in [0.15, 0.2) is 0 Å². The lowest BCUT2D eigenvalue weighted by molar-refractivity contribution is 0.115. The van der Waals surface area contributed by atoms with Crippen molar-refractivity contribution < 1.29 is 9.53 Å². The first kappa shape index (κ1) is 18.7. The summed E-state index contributed by atoms with van der Waals surface area (Å²) in [5.74, 6) is 0.650. The number of amides is 1. The molecule has 1 N–H and O–H groups in total. The van der Waals surface area contributed by atoms with Gasteiger partial charge < -0.3 is 10.1 Å². The lowest BCUT2D eigenvalue weighted by Gasteiger charge is -2.31. The van der Waals surface area contributed by atoms with Crippen LogP contribution in [0.1, 0.15) is 45.0 Å². The SMILES string of the molecule is CC(C)(C)NC(=O)OCCC1CCN(Cc2ncc(Br)s2)CC1. The van der Waals surface area contributed by atoms with Crippen molar-refractivity contribution in [2.75, 3.05) is 19.7 Å². The van der Waals surface area contributed by atoms with Crippen molar-refractivity contribution in [3.05, 3.63) is 15.0 Å². The molecule has 1 saturated heterocycles. The molecule has 0 bridgehead atoms. The van der Waals surface area contributed by atoms with Crippen LogP contribution in [0.25, 0.3) is 0 Å². The number of nitrogens with one attached hydrogen (secondary N) is 1. The molecule has 1 amide bonds. The first-order chi connectivity index (χ1) is 10.8. The van der Waals surface area contributed by atoms with Gasteiger partial charge in [0.25, 0.3) is 0 Å². The maximum atomic E-state index is 11.6. The molecule has 2 rings (SSSR count). The molecular weight excluding hydrogens is 378 g/mol. The van der Waals surface area contributed by atoms with Gasteiger partial charge in [0.1, 0.15) is 5.01 Å². The third kappa shape index (κ3) is 7.18. The van der Waals surface area contributed by atoms with Gasteiger partial charge in [-0.2, -0.15) is 0 Å². The number of hydrogen-bond acceptors (Lipinski definition) is 5. The molecule has 23 heavy (non-hydrogen) atoms. The summed E-state index contributed by atoms with van der Waals surface area (Å²) in [4.78, 5) is 18.5. The van der Waals surface area contributed by atoms with Crippen molar-refractivity contribution >= 4 is 33.4 Å². The molecule has 1 aliphatic heterocycles. The lowest BCUT2D eigenvalue weighted by Crippen LogP contribution is -2.41. The molecule has 0 radical (unpaired) electrons. The summed E-state index contributed by atoms with van der Waals surface area (Å²) in [6.45, 7) is 9.48. The van der Waals surface area contributed by atoms with Crippen molar-refractivity contribution in [2.24, 2.45) is 5.92 Å². The zero-order valence-electron chi connectivity index (χ0n) is 14.1. The van der Waals surface area contributed by atoms with Crippen LogP contribution in [0.4, 0.5) is 4.79 Å². The Labute approximate surface area is 150 Å². The summed E-state index contributed by atoms with van der Waals surface area (Å²) < 4.78 is 6.36. The first-order valence-corrected chi connectivity index (χ1v) is 9.70. The Hall–Kier alpha value is -0.660. The number of nitrogens with zero attached hydrogens (tertiary/aromatic N) is 2. The van der Waals surface area contributed by atoms with Crippen molar-refractivity contribution in [1.29, 1.82) is 0 Å². The number of halogens is 1. The molecule has 2 heterocycles. The average molecular weight is 404 g/mol. The Balaban J connectivity index is 1.60. The van der Waals surface area contributed by atoms with Gasteiger partial charge in [0, 0.05) is 5.54 Å². The number of hydrogen-bond donors (Lipinski definition) is 1. The van der Waals surface area contributed by atoms with E-state index in [1.807, 2.05) is 27.0 Å². The van der Waals surface area contributed by atoms with Crippen LogP contribution in [0.5, 0.6) is 0 Å². The second-order valence-corrected chi connectivity index (χ2v) is 9.57. The Bertz CT molecular complexity index is 508. The van der Waals surface area contributed by atoms with Crippen LogP contribution in [0.3, 0.4) is 0 Å². The Morgan fingerprint density at radius 3 is 2.74 bits per heavy atom. The molecule has 0 aliphatic carbocycles. The van der Waals surface area contributed by atoms with Gasteiger partial charge in [-0.1, -0.05) is 0 Å². The van der Waals surface area contributed by atoms with E-state index in [1.165, 1.54) is 0 Å². The summed E-state index contributed by atoms with van der Waals surface area (Å²) in [7, 11) is 0. The maximum absolute atomic E-state index is 11.6. The molecule has 1 aromatic heterocycles. The van der Waals surface area contributed by atoms with Gasteiger partial charge in [-0.3, -0.25) is 4.90 Å². The standard InChI is InChI=1S/C16H26BrN3O2S/c1-16(2,3)19-15(21)22-9-6-12-4-7-20(8-5-12)11-14-18-10-13(17)23-14/h10,12H,4-9,11H2,1-3H3,(H,19,21). The molecule has 1 aliphatic rings. The number of thiazole rings is 1. The number of alkyl carbamates (subject to hydrolysis) is 1. The minimum Gasteiger partial charge on any atom is -0.450 e. The molecular formula is C16H26BrN3O2S. The number of likely N-dealkylation sites (tertiary alicyclic amines) is 1. The fourth-order valence-corrected chi connectivity index (χ4v) is 3.99. The predicted molar refractivity (Wildman–Crippen MR) is 96.7 cm³/mol. The molecule has 0 aromatic carbocycles. The van der Waals surface area contributed by atoms with Crippen molar-refractivity contribution in [3.8, 4) is 0 Å². The molecule has 5 nitrogen and oxygen atoms in total. The monoisotopic (exact) mass is 403 g/mol. The zero-order chi connectivity index (χ0) is 16.9. The number of carbonyl (C=O) groups is 1. The second-order valence-electron chi connectivity index (χ2n) is 7.08. The third-order valence-electron chi connectivity index (χ3n) is 3.83. The molecule has 1 fully saturated rings. The van der Waals surface area contributed by atoms with E-state index >= 15 is 0 Å². The van der Waals surface area contributed by atoms with Gasteiger partial charge in [-0.05, 0) is 75.0 Å². The van der Waals surface area contributed by atoms with E-state index in [1.54, 1.807) is 11.3 Å². The highest BCUT2D eigenvalue weighted by Gasteiger charge is 2.21. The lowest BCUT2D eigenvalue weighted by atomic mass is 9.94. The highest BCUT2D eigenvalue weighted by molar-refractivity contribution is 9.11. The number of rotatable bonds is 5. The van der Waals surface area contributed by atoms with Crippen LogP contribution in [0, 0.1) is 5.92 Å². The smallest absolute Gasteiger partial charge is 0.407 e. The van der Waals surface area contributed by atoms with Crippen molar-refractivity contribution in [3.63, 3.8) is 0 Å². The predicted octanol–water partition coefficient (Wildman–Crippen LogP) is 4.03. The third-order valence-corrected chi connectivity index (χ3v) is 5.29. The number of aromatic nitrogens is 1. The minimum absolute atomic E-state index is 0.243. The summed E-state index contributed by atoms with van der Waals surface area (Å²) in [5.41, 5.74) is -0.243. The van der Waals surface area contributed by atoms with Crippen LogP contribution >= 0.6 is 27.3 Å². The molecule has 0 saturated carbocycles. The van der Waals surface area contributed by atoms with E-state index in [0.29, 0.717) is 12.5 Å². The van der Waals surface area contributed by atoms with E-state index in [4.69, 9.17) is 4.74 Å². The highest BCUT2D eigenvalue weighted by atomic mass is 79.9. The van der Waals surface area contributed by atoms with Crippen LogP contribution in [-0.4, -0.2) is 41.2 Å². The van der Waals surface area contributed by atoms with Crippen LogP contribution < -0.4 is 5.32 Å². The van der Waals surface area contributed by atoms with Gasteiger partial charge in [-0.25, -0.2) is 9.78 Å². The van der Waals surface area contributed by atoms with Gasteiger partial charge >= 0.3 is 6.09 Å². The Kier molecular flexibility index (Phi) is 6.85. The van der Waals surface area contributed by atoms with Crippen LogP contribution in [0.15, 0.2) is 9.98 Å². The molecule has 7 heteroatoms. The first-order valence-electron chi connectivity index (χ1n) is 8.09. The molecule has 0 atom stereocenters. The summed E-state index contributed by atoms with van der Waals surface area (Å²) in [6.07, 6.45) is 4.83. The summed E-state index contributed by atoms with van der Waals surface area (Å²) in [6, 6.07) is 0. The van der Waals surface area contributed by atoms with Crippen LogP contribution in [-0.2, 0) is 11.3 Å². The zero-order valence-corrected chi connectivity index (χ0v) is 16.5. The molecule has 130 valence electrons. The normalized spacial score (nSPS) is 17.2. The summed E-state index contributed by atoms with van der Waals surface area (Å²) >= 11 is 5.16. The van der Waals surface area contributed by atoms with Gasteiger partial charge in [0.2, 0.25) is 0 Å². The number of carbonyl (C=O) groups excluding carboxylic acids is 1. The van der Waals surface area contributed by atoms with Crippen molar-refractivity contribution in [2.45, 2.75) is 52.1 Å². The highest BCUT2D eigenvalue weighted by Crippen LogP contribution is 2.24. The quantitative estimate of drug-likeness (QED) is 0.805. The topological polar surface area (TPSA) is 54.5 Å². The fraction of sp³-hybridized carbons (Fsp3) is 0.750. The molecule has 1 aromatic rings. The van der Waals surface area contributed by atoms with Crippen LogP contribution in [0.2, 0.25) is 0 Å². The van der Waals surface area contributed by atoms with Crippen molar-refractivity contribution in [1.82, 2.24) is 15.2 Å². The minimum atomic E-state index is -0.315. The van der Waals surface area contributed by atoms with Gasteiger partial charge in [0.05, 0.1) is 23.1 Å². The van der Waals surface area contributed by atoms with E-state index < -0.39 is 0 Å².